The van der Waals surface area contributed by atoms with Crippen molar-refractivity contribution >= 4 is 5.71 Å². The number of hydrogen-bond acceptors (Lipinski definition) is 2. The van der Waals surface area contributed by atoms with Crippen LogP contribution < -0.4 is 0 Å². The van der Waals surface area contributed by atoms with Crippen molar-refractivity contribution < 1.29 is 0 Å². The summed E-state index contributed by atoms with van der Waals surface area (Å²) in [6, 6.07) is 1.96. The second-order valence-electron chi connectivity index (χ2n) is 2.73. The molecule has 0 unspecified atom stereocenters. The minimum Gasteiger partial charge on any atom is -0.282 e. The molecule has 1 aromatic rings. The molecule has 68 valence electrons. The average molecular weight is 175 g/mol. The minimum absolute atomic E-state index is 0.881. The Bertz CT molecular complexity index is 345. The monoisotopic (exact) mass is 175 g/mol. The standard InChI is InChI=1S/C10H13N3/c1-4-5-6-11-9(3)10-7-8(2)12-13-10/h4-7H,1H2,2-3H3,(H,12,13)/b6-5-,11-9?. The van der Waals surface area contributed by atoms with Gasteiger partial charge in [0.05, 0.1) is 5.71 Å². The Labute approximate surface area is 77.9 Å². The lowest BCUT2D eigenvalue weighted by Gasteiger charge is -1.89. The van der Waals surface area contributed by atoms with Gasteiger partial charge in [-0.3, -0.25) is 10.1 Å². The zero-order valence-corrected chi connectivity index (χ0v) is 7.91. The normalized spacial score (nSPS) is 12.3. The second-order valence-corrected chi connectivity index (χ2v) is 2.73. The quantitative estimate of drug-likeness (QED) is 0.555. The van der Waals surface area contributed by atoms with Crippen LogP contribution in [0.5, 0.6) is 0 Å². The van der Waals surface area contributed by atoms with E-state index in [1.54, 1.807) is 18.4 Å². The van der Waals surface area contributed by atoms with E-state index in [9.17, 15) is 0 Å². The van der Waals surface area contributed by atoms with E-state index in [2.05, 4.69) is 21.8 Å². The summed E-state index contributed by atoms with van der Waals surface area (Å²) in [5.41, 5.74) is 2.81. The molecule has 1 rings (SSSR count). The highest BCUT2D eigenvalue weighted by molar-refractivity contribution is 5.97. The van der Waals surface area contributed by atoms with Crippen LogP contribution in [-0.2, 0) is 0 Å². The van der Waals surface area contributed by atoms with Gasteiger partial charge in [-0.05, 0) is 26.0 Å². The van der Waals surface area contributed by atoms with E-state index in [4.69, 9.17) is 0 Å². The third-order valence-corrected chi connectivity index (χ3v) is 1.57. The summed E-state index contributed by atoms with van der Waals surface area (Å²) in [7, 11) is 0. The van der Waals surface area contributed by atoms with Crippen molar-refractivity contribution in [2.45, 2.75) is 13.8 Å². The molecular weight excluding hydrogens is 162 g/mol. The van der Waals surface area contributed by atoms with Crippen LogP contribution in [0, 0.1) is 6.92 Å². The number of hydrogen-bond donors (Lipinski definition) is 1. The lowest BCUT2D eigenvalue weighted by atomic mass is 10.3. The van der Waals surface area contributed by atoms with Crippen LogP contribution in [0.2, 0.25) is 0 Å². The number of nitrogens with one attached hydrogen (secondary N) is 1. The number of allylic oxidation sites excluding steroid dienone is 2. The molecule has 0 aliphatic carbocycles. The molecule has 0 atom stereocenters. The molecular formula is C10H13N3. The maximum atomic E-state index is 4.18. The summed E-state index contributed by atoms with van der Waals surface area (Å²) in [6.45, 7) is 7.44. The molecule has 1 N–H and O–H groups in total. The molecule has 0 aliphatic heterocycles. The number of aromatic nitrogens is 2. The molecule has 13 heavy (non-hydrogen) atoms. The number of nitrogens with zero attached hydrogens (tertiary/aromatic N) is 2. The number of aliphatic imine (C=N–C) groups is 1. The Morgan fingerprint density at radius 2 is 2.46 bits per heavy atom. The lowest BCUT2D eigenvalue weighted by Crippen LogP contribution is -1.93. The molecule has 0 fully saturated rings. The van der Waals surface area contributed by atoms with Gasteiger partial charge in [-0.15, -0.1) is 0 Å². The van der Waals surface area contributed by atoms with Gasteiger partial charge in [-0.25, -0.2) is 0 Å². The summed E-state index contributed by atoms with van der Waals surface area (Å²) < 4.78 is 0. The second kappa shape index (κ2) is 4.40. The van der Waals surface area contributed by atoms with Crippen LogP contribution in [0.4, 0.5) is 0 Å². The predicted octanol–water partition coefficient (Wildman–Crippen LogP) is 2.23. The molecule has 0 bridgehead atoms. The molecule has 1 aromatic heterocycles. The lowest BCUT2D eigenvalue weighted by molar-refractivity contribution is 1.04. The van der Waals surface area contributed by atoms with E-state index >= 15 is 0 Å². The molecule has 3 heteroatoms. The van der Waals surface area contributed by atoms with Crippen molar-refractivity contribution in [1.29, 1.82) is 0 Å². The topological polar surface area (TPSA) is 41.0 Å². The molecule has 0 saturated heterocycles. The summed E-state index contributed by atoms with van der Waals surface area (Å²) in [5.74, 6) is 0. The van der Waals surface area contributed by atoms with Gasteiger partial charge in [0.1, 0.15) is 5.69 Å². The van der Waals surface area contributed by atoms with E-state index in [0.717, 1.165) is 17.1 Å². The van der Waals surface area contributed by atoms with Crippen molar-refractivity contribution in [1.82, 2.24) is 10.2 Å². The van der Waals surface area contributed by atoms with Crippen LogP contribution in [0.1, 0.15) is 18.3 Å². The van der Waals surface area contributed by atoms with Crippen LogP contribution >= 0.6 is 0 Å². The van der Waals surface area contributed by atoms with Crippen molar-refractivity contribution in [3.05, 3.63) is 42.4 Å². The third kappa shape index (κ3) is 2.71. The average Bonchev–Trinajstić information content (AvgIpc) is 2.52. The zero-order chi connectivity index (χ0) is 9.68. The smallest absolute Gasteiger partial charge is 0.106 e. The Morgan fingerprint density at radius 3 is 3.00 bits per heavy atom. The highest BCUT2D eigenvalue weighted by Crippen LogP contribution is 1.99. The molecule has 3 nitrogen and oxygen atoms in total. The van der Waals surface area contributed by atoms with Crippen LogP contribution in [0.15, 0.2) is 36.0 Å². The first-order chi connectivity index (χ1) is 6.24. The van der Waals surface area contributed by atoms with Gasteiger partial charge in [0.2, 0.25) is 0 Å². The Hall–Kier alpha value is -1.64. The maximum Gasteiger partial charge on any atom is 0.106 e. The first-order valence-electron chi connectivity index (χ1n) is 4.08. The van der Waals surface area contributed by atoms with Gasteiger partial charge in [-0.1, -0.05) is 12.7 Å². The number of aromatic amines is 1. The Balaban J connectivity index is 2.78. The zero-order valence-electron chi connectivity index (χ0n) is 7.91. The van der Waals surface area contributed by atoms with Gasteiger partial charge in [0.15, 0.2) is 0 Å². The molecule has 1 heterocycles. The fraction of sp³-hybridized carbons (Fsp3) is 0.200. The maximum absolute atomic E-state index is 4.18. The first-order valence-corrected chi connectivity index (χ1v) is 4.08. The SMILES string of the molecule is C=C/C=C\N=C(C)c1cc(C)[nH]n1. The summed E-state index contributed by atoms with van der Waals surface area (Å²) in [4.78, 5) is 4.18. The summed E-state index contributed by atoms with van der Waals surface area (Å²) in [6.07, 6.45) is 5.17. The van der Waals surface area contributed by atoms with Gasteiger partial charge in [0, 0.05) is 11.9 Å². The largest absolute Gasteiger partial charge is 0.282 e. The number of rotatable bonds is 3. The van der Waals surface area contributed by atoms with Crippen LogP contribution in [0.3, 0.4) is 0 Å². The molecule has 0 amide bonds. The highest BCUT2D eigenvalue weighted by Gasteiger charge is 1.99. The molecule has 0 aromatic carbocycles. The van der Waals surface area contributed by atoms with E-state index in [0.29, 0.717) is 0 Å². The predicted molar refractivity (Wildman–Crippen MR) is 54.9 cm³/mol. The van der Waals surface area contributed by atoms with Crippen molar-refractivity contribution in [2.75, 3.05) is 0 Å². The van der Waals surface area contributed by atoms with E-state index in [1.807, 2.05) is 19.9 Å². The minimum atomic E-state index is 0.881. The third-order valence-electron chi connectivity index (χ3n) is 1.57. The number of aryl methyl sites for hydroxylation is 1. The molecule has 0 radical (unpaired) electrons. The van der Waals surface area contributed by atoms with Gasteiger partial charge in [0.25, 0.3) is 0 Å². The summed E-state index contributed by atoms with van der Waals surface area (Å²) >= 11 is 0. The molecule has 0 aliphatic rings. The fourth-order valence-electron chi connectivity index (χ4n) is 0.885. The van der Waals surface area contributed by atoms with Crippen molar-refractivity contribution in [3.63, 3.8) is 0 Å². The van der Waals surface area contributed by atoms with Gasteiger partial charge >= 0.3 is 0 Å². The number of H-pyrrole nitrogens is 1. The van der Waals surface area contributed by atoms with Gasteiger partial charge in [-0.2, -0.15) is 5.10 Å². The van der Waals surface area contributed by atoms with E-state index in [1.165, 1.54) is 0 Å². The van der Waals surface area contributed by atoms with Gasteiger partial charge < -0.3 is 0 Å². The van der Waals surface area contributed by atoms with Crippen molar-refractivity contribution in [2.24, 2.45) is 4.99 Å². The van der Waals surface area contributed by atoms with Crippen LogP contribution in [0.25, 0.3) is 0 Å². The van der Waals surface area contributed by atoms with E-state index in [-0.39, 0.29) is 0 Å². The Morgan fingerprint density at radius 1 is 1.69 bits per heavy atom. The Kier molecular flexibility index (Phi) is 3.20. The fourth-order valence-corrected chi connectivity index (χ4v) is 0.885. The molecule has 0 spiro atoms. The highest BCUT2D eigenvalue weighted by atomic mass is 15.1. The van der Waals surface area contributed by atoms with E-state index < -0.39 is 0 Å². The molecule has 0 saturated carbocycles. The van der Waals surface area contributed by atoms with Crippen LogP contribution in [-0.4, -0.2) is 15.9 Å². The van der Waals surface area contributed by atoms with Crippen molar-refractivity contribution in [3.8, 4) is 0 Å². The summed E-state index contributed by atoms with van der Waals surface area (Å²) in [5, 5.41) is 6.94. The first kappa shape index (κ1) is 9.45.